The SMILES string of the molecule is Nc1ccc2c(c1)/C(=C(\CCCBr)Nc1ccc(CN3CCCCC3)cc1)C(=O)N2. The molecule has 0 spiro atoms. The van der Waals surface area contributed by atoms with Gasteiger partial charge in [-0.15, -0.1) is 0 Å². The summed E-state index contributed by atoms with van der Waals surface area (Å²) in [6, 6.07) is 14.2. The summed E-state index contributed by atoms with van der Waals surface area (Å²) >= 11 is 3.51. The van der Waals surface area contributed by atoms with Crippen LogP contribution in [0.15, 0.2) is 48.2 Å². The number of halogens is 1. The predicted molar refractivity (Wildman–Crippen MR) is 129 cm³/mol. The molecular formula is C24H29BrN4O. The van der Waals surface area contributed by atoms with Crippen LogP contribution in [0.4, 0.5) is 17.1 Å². The van der Waals surface area contributed by atoms with Crippen molar-refractivity contribution in [2.75, 3.05) is 34.8 Å². The number of nitrogens with zero attached hydrogens (tertiary/aromatic N) is 1. The summed E-state index contributed by atoms with van der Waals surface area (Å²) in [4.78, 5) is 15.3. The molecule has 4 N–H and O–H groups in total. The minimum atomic E-state index is -0.0746. The molecule has 2 aliphatic rings. The van der Waals surface area contributed by atoms with Gasteiger partial charge in [0.25, 0.3) is 5.91 Å². The van der Waals surface area contributed by atoms with Crippen LogP contribution in [-0.4, -0.2) is 29.2 Å². The monoisotopic (exact) mass is 468 g/mol. The van der Waals surface area contributed by atoms with E-state index >= 15 is 0 Å². The number of likely N-dealkylation sites (tertiary alicyclic amines) is 1. The Labute approximate surface area is 186 Å². The number of anilines is 3. The van der Waals surface area contributed by atoms with Crippen LogP contribution in [0.25, 0.3) is 5.57 Å². The highest BCUT2D eigenvalue weighted by Gasteiger charge is 2.27. The van der Waals surface area contributed by atoms with Crippen molar-refractivity contribution in [1.82, 2.24) is 4.90 Å². The summed E-state index contributed by atoms with van der Waals surface area (Å²) in [5.41, 5.74) is 12.3. The molecule has 5 nitrogen and oxygen atoms in total. The van der Waals surface area contributed by atoms with E-state index in [4.69, 9.17) is 5.73 Å². The predicted octanol–water partition coefficient (Wildman–Crippen LogP) is 5.21. The molecule has 0 atom stereocenters. The fourth-order valence-electron chi connectivity index (χ4n) is 4.22. The van der Waals surface area contributed by atoms with Crippen LogP contribution >= 0.6 is 15.9 Å². The number of benzene rings is 2. The number of allylic oxidation sites excluding steroid dienone is 1. The Bertz CT molecular complexity index is 933. The maximum atomic E-state index is 12.7. The average Bonchev–Trinajstić information content (AvgIpc) is 3.08. The van der Waals surface area contributed by atoms with Crippen molar-refractivity contribution in [2.24, 2.45) is 0 Å². The average molecular weight is 469 g/mol. The summed E-state index contributed by atoms with van der Waals surface area (Å²) < 4.78 is 0. The zero-order valence-corrected chi connectivity index (χ0v) is 18.8. The van der Waals surface area contributed by atoms with Crippen LogP contribution in [0.5, 0.6) is 0 Å². The zero-order valence-electron chi connectivity index (χ0n) is 17.2. The lowest BCUT2D eigenvalue weighted by molar-refractivity contribution is -0.110. The quantitative estimate of drug-likeness (QED) is 0.296. The molecule has 4 rings (SSSR count). The van der Waals surface area contributed by atoms with E-state index in [1.807, 2.05) is 18.2 Å². The molecule has 2 aromatic carbocycles. The van der Waals surface area contributed by atoms with Gasteiger partial charge in [0.05, 0.1) is 5.57 Å². The molecule has 0 unspecified atom stereocenters. The molecule has 2 aliphatic heterocycles. The Hall–Kier alpha value is -2.31. The molecule has 1 fully saturated rings. The molecule has 0 aliphatic carbocycles. The third kappa shape index (κ3) is 4.87. The molecule has 30 heavy (non-hydrogen) atoms. The molecule has 6 heteroatoms. The van der Waals surface area contributed by atoms with Crippen molar-refractivity contribution in [2.45, 2.75) is 38.6 Å². The van der Waals surface area contributed by atoms with Gasteiger partial charge >= 0.3 is 0 Å². The van der Waals surface area contributed by atoms with Crippen LogP contribution in [0.3, 0.4) is 0 Å². The molecule has 0 bridgehead atoms. The number of nitrogens with two attached hydrogens (primary N) is 1. The van der Waals surface area contributed by atoms with E-state index in [9.17, 15) is 4.79 Å². The number of nitrogen functional groups attached to an aromatic ring is 1. The summed E-state index contributed by atoms with van der Waals surface area (Å²) in [5, 5.41) is 7.36. The number of rotatable bonds is 7. The Kier molecular flexibility index (Phi) is 6.75. The largest absolute Gasteiger partial charge is 0.399 e. The Morgan fingerprint density at radius 3 is 2.60 bits per heavy atom. The van der Waals surface area contributed by atoms with Crippen molar-refractivity contribution in [3.63, 3.8) is 0 Å². The molecule has 0 saturated carbocycles. The highest BCUT2D eigenvalue weighted by Crippen LogP contribution is 2.36. The second kappa shape index (κ2) is 9.67. The number of carbonyl (C=O) groups excluding carboxylic acids is 1. The number of alkyl halides is 1. The van der Waals surface area contributed by atoms with Crippen LogP contribution in [0, 0.1) is 0 Å². The number of fused-ring (bicyclic) bond motifs is 1. The number of carbonyl (C=O) groups is 1. The smallest absolute Gasteiger partial charge is 0.258 e. The van der Waals surface area contributed by atoms with E-state index in [0.717, 1.165) is 47.4 Å². The second-order valence-electron chi connectivity index (χ2n) is 8.06. The van der Waals surface area contributed by atoms with Gasteiger partial charge in [-0.05, 0) is 74.7 Å². The third-order valence-corrected chi connectivity index (χ3v) is 6.32. The van der Waals surface area contributed by atoms with Gasteiger partial charge in [-0.2, -0.15) is 0 Å². The standard InChI is InChI=1S/C24H29BrN4O/c25-12-4-5-22(23-20-15-18(26)8-11-21(20)28-24(23)30)27-19-9-6-17(7-10-19)16-29-13-2-1-3-14-29/h6-11,15,27H,1-5,12-14,16,26H2,(H,28,30)/b23-22-. The van der Waals surface area contributed by atoms with Crippen molar-refractivity contribution >= 4 is 44.5 Å². The number of piperidine rings is 1. The van der Waals surface area contributed by atoms with E-state index in [2.05, 4.69) is 55.7 Å². The van der Waals surface area contributed by atoms with Gasteiger partial charge in [-0.25, -0.2) is 0 Å². The number of amides is 1. The first-order valence-corrected chi connectivity index (χ1v) is 11.8. The van der Waals surface area contributed by atoms with Crippen molar-refractivity contribution in [3.05, 3.63) is 59.3 Å². The molecule has 0 radical (unpaired) electrons. The van der Waals surface area contributed by atoms with Crippen LogP contribution < -0.4 is 16.4 Å². The topological polar surface area (TPSA) is 70.4 Å². The fraction of sp³-hybridized carbons (Fsp3) is 0.375. The van der Waals surface area contributed by atoms with Gasteiger partial charge < -0.3 is 16.4 Å². The third-order valence-electron chi connectivity index (χ3n) is 5.75. The molecule has 1 saturated heterocycles. The zero-order chi connectivity index (χ0) is 20.9. The van der Waals surface area contributed by atoms with Gasteiger partial charge in [0.15, 0.2) is 0 Å². The lowest BCUT2D eigenvalue weighted by Gasteiger charge is -2.26. The second-order valence-corrected chi connectivity index (χ2v) is 8.86. The van der Waals surface area contributed by atoms with Crippen LogP contribution in [-0.2, 0) is 11.3 Å². The van der Waals surface area contributed by atoms with E-state index < -0.39 is 0 Å². The maximum Gasteiger partial charge on any atom is 0.258 e. The first-order valence-electron chi connectivity index (χ1n) is 10.7. The number of hydrogen-bond donors (Lipinski definition) is 3. The van der Waals surface area contributed by atoms with E-state index in [-0.39, 0.29) is 5.91 Å². The van der Waals surface area contributed by atoms with E-state index in [1.54, 1.807) is 0 Å². The lowest BCUT2D eigenvalue weighted by Crippen LogP contribution is -2.29. The highest BCUT2D eigenvalue weighted by molar-refractivity contribution is 9.09. The van der Waals surface area contributed by atoms with E-state index in [1.165, 1.54) is 37.9 Å². The van der Waals surface area contributed by atoms with Crippen LogP contribution in [0.2, 0.25) is 0 Å². The van der Waals surface area contributed by atoms with E-state index in [0.29, 0.717) is 11.3 Å². The number of nitrogens with one attached hydrogen (secondary N) is 2. The Balaban J connectivity index is 1.56. The maximum absolute atomic E-state index is 12.7. The fourth-order valence-corrected chi connectivity index (χ4v) is 4.50. The van der Waals surface area contributed by atoms with Crippen molar-refractivity contribution < 1.29 is 4.79 Å². The lowest BCUT2D eigenvalue weighted by atomic mass is 10.0. The van der Waals surface area contributed by atoms with Gasteiger partial charge in [0.1, 0.15) is 0 Å². The molecular weight excluding hydrogens is 440 g/mol. The van der Waals surface area contributed by atoms with Gasteiger partial charge in [0.2, 0.25) is 0 Å². The normalized spacial score (nSPS) is 18.1. The highest BCUT2D eigenvalue weighted by atomic mass is 79.9. The Morgan fingerprint density at radius 2 is 1.87 bits per heavy atom. The summed E-state index contributed by atoms with van der Waals surface area (Å²) in [7, 11) is 0. The van der Waals surface area contributed by atoms with Gasteiger partial charge in [0, 0.05) is 40.2 Å². The van der Waals surface area contributed by atoms with Crippen LogP contribution in [0.1, 0.15) is 43.2 Å². The molecule has 2 aromatic rings. The minimum Gasteiger partial charge on any atom is -0.399 e. The first kappa shape index (κ1) is 20.9. The Morgan fingerprint density at radius 1 is 1.10 bits per heavy atom. The van der Waals surface area contributed by atoms with Gasteiger partial charge in [-0.3, -0.25) is 9.69 Å². The molecule has 0 aromatic heterocycles. The number of hydrogen-bond acceptors (Lipinski definition) is 4. The summed E-state index contributed by atoms with van der Waals surface area (Å²) in [5.74, 6) is -0.0746. The molecule has 2 heterocycles. The minimum absolute atomic E-state index is 0.0746. The van der Waals surface area contributed by atoms with Crippen molar-refractivity contribution in [1.29, 1.82) is 0 Å². The van der Waals surface area contributed by atoms with Gasteiger partial charge in [-0.1, -0.05) is 34.5 Å². The van der Waals surface area contributed by atoms with Crippen molar-refractivity contribution in [3.8, 4) is 0 Å². The molecule has 158 valence electrons. The first-order chi connectivity index (χ1) is 14.6. The summed E-state index contributed by atoms with van der Waals surface area (Å²) in [6.07, 6.45) is 5.67. The summed E-state index contributed by atoms with van der Waals surface area (Å²) in [6.45, 7) is 3.40. The molecule has 1 amide bonds.